The number of ether oxygens (including phenoxy) is 1. The van der Waals surface area contributed by atoms with Gasteiger partial charge in [0.1, 0.15) is 12.6 Å². The molecule has 0 spiro atoms. The zero-order valence-corrected chi connectivity index (χ0v) is 24.4. The summed E-state index contributed by atoms with van der Waals surface area (Å²) in [4.78, 5) is 40.1. The highest BCUT2D eigenvalue weighted by Gasteiger charge is 2.40. The summed E-state index contributed by atoms with van der Waals surface area (Å²) in [6.07, 6.45) is -9.66. The maximum absolute atomic E-state index is 14.0. The van der Waals surface area contributed by atoms with Crippen molar-refractivity contribution < 1.29 is 45.5 Å². The third-order valence-electron chi connectivity index (χ3n) is 5.90. The number of benzene rings is 1. The lowest BCUT2D eigenvalue weighted by Crippen LogP contribution is -2.55. The second kappa shape index (κ2) is 13.2. The van der Waals surface area contributed by atoms with Gasteiger partial charge in [0.25, 0.3) is 11.8 Å². The first-order valence-corrected chi connectivity index (χ1v) is 13.8. The summed E-state index contributed by atoms with van der Waals surface area (Å²) >= 11 is 6.77. The number of hydrogen-bond donors (Lipinski definition) is 2. The van der Waals surface area contributed by atoms with Crippen LogP contribution in [0.5, 0.6) is 0 Å². The number of carbonyl (C=O) groups excluding carboxylic acids is 3. The predicted molar refractivity (Wildman–Crippen MR) is 146 cm³/mol. The Morgan fingerprint density at radius 2 is 1.79 bits per heavy atom. The Bertz CT molecular complexity index is 1280. The highest BCUT2D eigenvalue weighted by Crippen LogP contribution is 2.39. The molecule has 232 valence electrons. The Labute approximate surface area is 246 Å². The number of rotatable bonds is 9. The molecule has 1 fully saturated rings. The van der Waals surface area contributed by atoms with Crippen molar-refractivity contribution in [2.45, 2.75) is 39.2 Å². The molecule has 3 rings (SSSR count). The highest BCUT2D eigenvalue weighted by molar-refractivity contribution is 7.18. The fraction of sp³-hybridized carbons (Fsp3) is 0.500. The van der Waals surface area contributed by atoms with Gasteiger partial charge in [-0.05, 0) is 35.7 Å². The van der Waals surface area contributed by atoms with Crippen LogP contribution < -0.4 is 15.5 Å². The molecule has 0 unspecified atom stereocenters. The van der Waals surface area contributed by atoms with E-state index < -0.39 is 72.5 Å². The molecule has 8 nitrogen and oxygen atoms in total. The predicted octanol–water partition coefficient (Wildman–Crippen LogP) is 5.43. The summed E-state index contributed by atoms with van der Waals surface area (Å²) in [5.74, 6) is -2.45. The van der Waals surface area contributed by atoms with Gasteiger partial charge in [0.2, 0.25) is 5.91 Å². The average molecular weight is 643 g/mol. The summed E-state index contributed by atoms with van der Waals surface area (Å²) in [5, 5.41) is 4.70. The molecular formula is C26H29ClF6N4O4S. The van der Waals surface area contributed by atoms with E-state index in [1.807, 2.05) is 0 Å². The molecule has 1 aromatic heterocycles. The maximum Gasteiger partial charge on any atom is 0.418 e. The van der Waals surface area contributed by atoms with E-state index in [-0.39, 0.29) is 30.3 Å². The number of amides is 3. The van der Waals surface area contributed by atoms with E-state index in [0.29, 0.717) is 10.4 Å². The summed E-state index contributed by atoms with van der Waals surface area (Å²) in [7, 11) is 0. The molecule has 0 saturated carbocycles. The van der Waals surface area contributed by atoms with Crippen molar-refractivity contribution in [1.29, 1.82) is 0 Å². The number of halogens is 7. The molecule has 1 aromatic carbocycles. The molecule has 0 bridgehead atoms. The normalized spacial score (nSPS) is 15.6. The van der Waals surface area contributed by atoms with Crippen LogP contribution in [0.25, 0.3) is 0 Å². The number of hydrogen-bond acceptors (Lipinski definition) is 6. The third kappa shape index (κ3) is 9.57. The molecule has 1 saturated heterocycles. The van der Waals surface area contributed by atoms with Crippen molar-refractivity contribution in [3.63, 3.8) is 0 Å². The second-order valence-electron chi connectivity index (χ2n) is 10.7. The van der Waals surface area contributed by atoms with Crippen LogP contribution in [0.15, 0.2) is 30.3 Å². The Morgan fingerprint density at radius 3 is 2.33 bits per heavy atom. The Kier molecular flexibility index (Phi) is 10.6. The van der Waals surface area contributed by atoms with E-state index in [1.165, 1.54) is 12.1 Å². The number of carbonyl (C=O) groups is 3. The second-order valence-corrected chi connectivity index (χ2v) is 12.4. The molecule has 0 aliphatic carbocycles. The first kappa shape index (κ1) is 33.6. The van der Waals surface area contributed by atoms with Gasteiger partial charge in [0.15, 0.2) is 0 Å². The van der Waals surface area contributed by atoms with E-state index in [9.17, 15) is 40.7 Å². The first-order chi connectivity index (χ1) is 19.3. The van der Waals surface area contributed by atoms with E-state index in [1.54, 1.807) is 20.8 Å². The average Bonchev–Trinajstić information content (AvgIpc) is 3.28. The molecule has 3 amide bonds. The lowest BCUT2D eigenvalue weighted by Gasteiger charge is -2.36. The summed E-state index contributed by atoms with van der Waals surface area (Å²) in [6.45, 7) is 2.12. The van der Waals surface area contributed by atoms with Gasteiger partial charge in [-0.2, -0.15) is 26.3 Å². The lowest BCUT2D eigenvalue weighted by atomic mass is 9.95. The zero-order valence-electron chi connectivity index (χ0n) is 22.8. The molecule has 1 aliphatic rings. The number of nitrogens with one attached hydrogen (secondary N) is 2. The van der Waals surface area contributed by atoms with Gasteiger partial charge in [-0.3, -0.25) is 19.3 Å². The van der Waals surface area contributed by atoms with Crippen LogP contribution in [0.1, 0.15) is 36.0 Å². The molecule has 1 atom stereocenters. The number of nitrogens with zero attached hydrogens (tertiary/aromatic N) is 2. The van der Waals surface area contributed by atoms with Crippen LogP contribution >= 0.6 is 22.9 Å². The molecule has 2 heterocycles. The van der Waals surface area contributed by atoms with E-state index in [2.05, 4.69) is 10.6 Å². The minimum atomic E-state index is -4.93. The van der Waals surface area contributed by atoms with Crippen molar-refractivity contribution in [2.24, 2.45) is 5.41 Å². The maximum atomic E-state index is 14.0. The fourth-order valence-electron chi connectivity index (χ4n) is 4.29. The van der Waals surface area contributed by atoms with Gasteiger partial charge in [0, 0.05) is 25.3 Å². The van der Waals surface area contributed by atoms with Gasteiger partial charge in [-0.15, -0.1) is 11.3 Å². The van der Waals surface area contributed by atoms with Gasteiger partial charge in [-0.25, -0.2) is 0 Å². The van der Waals surface area contributed by atoms with Crippen LogP contribution in [0, 0.1) is 5.41 Å². The van der Waals surface area contributed by atoms with Gasteiger partial charge in [-0.1, -0.05) is 32.4 Å². The molecule has 1 aliphatic heterocycles. The molecule has 0 radical (unpaired) electrons. The zero-order chi connectivity index (χ0) is 31.5. The highest BCUT2D eigenvalue weighted by atomic mass is 35.5. The van der Waals surface area contributed by atoms with Crippen molar-refractivity contribution in [1.82, 2.24) is 10.2 Å². The fourth-order valence-corrected chi connectivity index (χ4v) is 5.25. The number of anilines is 2. The number of morpholine rings is 1. The van der Waals surface area contributed by atoms with Crippen LogP contribution in [0.2, 0.25) is 4.34 Å². The first-order valence-electron chi connectivity index (χ1n) is 12.6. The SMILES string of the molecule is CC(C)(C)CN(CC(F)(F)F)[C@@H](CNC(=O)c1ccc(Cl)s1)C(=O)Nc1ccc(N2CCOCC2=O)c(C(F)(F)F)c1. The van der Waals surface area contributed by atoms with E-state index in [4.69, 9.17) is 16.3 Å². The Morgan fingerprint density at radius 1 is 1.10 bits per heavy atom. The quantitative estimate of drug-likeness (QED) is 0.356. The van der Waals surface area contributed by atoms with Crippen LogP contribution in [-0.2, 0) is 20.5 Å². The Balaban J connectivity index is 1.94. The smallest absolute Gasteiger partial charge is 0.370 e. The standard InChI is InChI=1S/C26H29ClF6N4O4S/c1-24(2,3)13-36(14-25(28,29)30)18(11-34-23(40)19-6-7-20(27)42-19)22(39)35-15-4-5-17(16(10-15)26(31,32)33)37-8-9-41-12-21(37)38/h4-7,10,18H,8-9,11-14H2,1-3H3,(H,34,40)(H,35,39)/t18-/m0/s1. The van der Waals surface area contributed by atoms with Crippen molar-refractivity contribution in [3.05, 3.63) is 45.1 Å². The van der Waals surface area contributed by atoms with E-state index in [0.717, 1.165) is 33.3 Å². The molecular weight excluding hydrogens is 614 g/mol. The lowest BCUT2D eigenvalue weighted by molar-refractivity contribution is -0.156. The summed E-state index contributed by atoms with van der Waals surface area (Å²) in [6, 6.07) is 3.96. The summed E-state index contributed by atoms with van der Waals surface area (Å²) < 4.78 is 88.1. The van der Waals surface area contributed by atoms with Crippen molar-refractivity contribution >= 4 is 52.0 Å². The molecule has 2 aromatic rings. The minimum Gasteiger partial charge on any atom is -0.370 e. The van der Waals surface area contributed by atoms with Crippen molar-refractivity contribution in [2.75, 3.05) is 49.6 Å². The van der Waals surface area contributed by atoms with Gasteiger partial charge in [0.05, 0.1) is 33.6 Å². The van der Waals surface area contributed by atoms with Crippen LogP contribution in [0.3, 0.4) is 0 Å². The molecule has 16 heteroatoms. The topological polar surface area (TPSA) is 91.0 Å². The number of alkyl halides is 6. The Hall–Kier alpha value is -2.88. The molecule has 2 N–H and O–H groups in total. The molecule has 42 heavy (non-hydrogen) atoms. The van der Waals surface area contributed by atoms with Crippen molar-refractivity contribution in [3.8, 4) is 0 Å². The number of thiophene rings is 1. The van der Waals surface area contributed by atoms with E-state index >= 15 is 0 Å². The van der Waals surface area contributed by atoms with Crippen LogP contribution in [0.4, 0.5) is 37.7 Å². The van der Waals surface area contributed by atoms with Gasteiger partial charge < -0.3 is 20.3 Å². The largest absolute Gasteiger partial charge is 0.418 e. The van der Waals surface area contributed by atoms with Crippen LogP contribution in [-0.4, -0.2) is 74.2 Å². The monoisotopic (exact) mass is 642 g/mol. The van der Waals surface area contributed by atoms with Gasteiger partial charge >= 0.3 is 12.4 Å². The minimum absolute atomic E-state index is 0.0232. The summed E-state index contributed by atoms with van der Waals surface area (Å²) in [5.41, 5.74) is -2.76. The third-order valence-corrected chi connectivity index (χ3v) is 7.13.